The van der Waals surface area contributed by atoms with Crippen molar-refractivity contribution in [2.45, 2.75) is 31.7 Å². The number of hydrogen-bond donors (Lipinski definition) is 0. The van der Waals surface area contributed by atoms with Crippen LogP contribution in [0.4, 0.5) is 0 Å². The maximum absolute atomic E-state index is 11.3. The van der Waals surface area contributed by atoms with Gasteiger partial charge in [0, 0.05) is 18.3 Å². The normalized spacial score (nSPS) is 17.3. The van der Waals surface area contributed by atoms with Crippen molar-refractivity contribution in [2.75, 3.05) is 32.2 Å². The van der Waals surface area contributed by atoms with E-state index in [0.29, 0.717) is 12.6 Å². The van der Waals surface area contributed by atoms with E-state index in [9.17, 15) is 4.79 Å². The van der Waals surface area contributed by atoms with Gasteiger partial charge >= 0.3 is 5.97 Å². The van der Waals surface area contributed by atoms with Crippen LogP contribution in [0, 0.1) is 0 Å². The van der Waals surface area contributed by atoms with Gasteiger partial charge in [0.1, 0.15) is 0 Å². The van der Waals surface area contributed by atoms with Crippen molar-refractivity contribution in [3.8, 4) is 0 Å². The van der Waals surface area contributed by atoms with Crippen LogP contribution in [0.5, 0.6) is 0 Å². The summed E-state index contributed by atoms with van der Waals surface area (Å²) in [5.41, 5.74) is 0. The maximum atomic E-state index is 11.3. The first-order valence-corrected chi connectivity index (χ1v) is 6.97. The van der Waals surface area contributed by atoms with Gasteiger partial charge in [-0.15, -0.1) is 0 Å². The van der Waals surface area contributed by atoms with Gasteiger partial charge in [0.05, 0.1) is 13.7 Å². The van der Waals surface area contributed by atoms with Crippen LogP contribution >= 0.6 is 11.8 Å². The summed E-state index contributed by atoms with van der Waals surface area (Å²) in [6.07, 6.45) is 7.20. The van der Waals surface area contributed by atoms with Gasteiger partial charge in [-0.25, -0.2) is 0 Å². The number of ether oxygens (including phenoxy) is 1. The molecular weight excluding hydrogens is 210 g/mol. The summed E-state index contributed by atoms with van der Waals surface area (Å²) in [6, 6.07) is 0.608. The lowest BCUT2D eigenvalue weighted by atomic mass is 10.2. The lowest BCUT2D eigenvalue weighted by molar-refractivity contribution is -0.142. The summed E-state index contributed by atoms with van der Waals surface area (Å²) in [7, 11) is 1.46. The molecule has 1 aliphatic carbocycles. The predicted molar refractivity (Wildman–Crippen MR) is 64.2 cm³/mol. The van der Waals surface area contributed by atoms with Crippen molar-refractivity contribution in [1.82, 2.24) is 4.90 Å². The molecule has 3 nitrogen and oxygen atoms in total. The van der Waals surface area contributed by atoms with Crippen LogP contribution in [0.15, 0.2) is 0 Å². The molecule has 0 unspecified atom stereocenters. The molecule has 0 heterocycles. The van der Waals surface area contributed by atoms with E-state index in [4.69, 9.17) is 4.74 Å². The van der Waals surface area contributed by atoms with Crippen LogP contribution in [0.3, 0.4) is 0 Å². The number of esters is 1. The van der Waals surface area contributed by atoms with Gasteiger partial charge in [-0.3, -0.25) is 9.69 Å². The Morgan fingerprint density at radius 1 is 1.47 bits per heavy atom. The van der Waals surface area contributed by atoms with E-state index in [-0.39, 0.29) is 5.97 Å². The molecule has 0 spiro atoms. The Kier molecular flexibility index (Phi) is 6.10. The zero-order valence-corrected chi connectivity index (χ0v) is 10.5. The molecule has 0 aliphatic heterocycles. The summed E-state index contributed by atoms with van der Waals surface area (Å²) < 4.78 is 4.73. The Hall–Kier alpha value is -0.220. The van der Waals surface area contributed by atoms with Crippen LogP contribution in [0.2, 0.25) is 0 Å². The quantitative estimate of drug-likeness (QED) is 0.652. The lowest BCUT2D eigenvalue weighted by Gasteiger charge is -2.27. The second-order valence-electron chi connectivity index (χ2n) is 3.98. The van der Waals surface area contributed by atoms with Crippen LogP contribution < -0.4 is 0 Å². The van der Waals surface area contributed by atoms with Crippen molar-refractivity contribution >= 4 is 17.7 Å². The Balaban J connectivity index is 2.40. The zero-order valence-electron chi connectivity index (χ0n) is 9.70. The minimum absolute atomic E-state index is 0.108. The highest BCUT2D eigenvalue weighted by Crippen LogP contribution is 2.23. The van der Waals surface area contributed by atoms with Crippen molar-refractivity contribution in [2.24, 2.45) is 0 Å². The van der Waals surface area contributed by atoms with E-state index in [1.54, 1.807) is 0 Å². The molecule has 0 aromatic rings. The van der Waals surface area contributed by atoms with Gasteiger partial charge in [0.15, 0.2) is 0 Å². The molecule has 0 atom stereocenters. The molecule has 0 saturated heterocycles. The minimum atomic E-state index is -0.108. The summed E-state index contributed by atoms with van der Waals surface area (Å²) in [6.45, 7) is 1.46. The number of hydrogen-bond acceptors (Lipinski definition) is 4. The first-order valence-electron chi connectivity index (χ1n) is 5.57. The summed E-state index contributed by atoms with van der Waals surface area (Å²) in [5, 5.41) is 0. The number of methoxy groups -OCH3 is 1. The van der Waals surface area contributed by atoms with Crippen molar-refractivity contribution in [3.63, 3.8) is 0 Å². The molecule has 0 N–H and O–H groups in total. The number of nitrogens with zero attached hydrogens (tertiary/aromatic N) is 1. The van der Waals surface area contributed by atoms with E-state index >= 15 is 0 Å². The Labute approximate surface area is 96.5 Å². The van der Waals surface area contributed by atoms with E-state index in [0.717, 1.165) is 12.3 Å². The van der Waals surface area contributed by atoms with Crippen molar-refractivity contribution in [1.29, 1.82) is 0 Å². The molecule has 0 aromatic carbocycles. The van der Waals surface area contributed by atoms with Crippen LogP contribution in [-0.2, 0) is 9.53 Å². The van der Waals surface area contributed by atoms with E-state index in [2.05, 4.69) is 11.2 Å². The Morgan fingerprint density at radius 2 is 2.13 bits per heavy atom. The molecule has 4 heteroatoms. The Bertz CT molecular complexity index is 193. The second-order valence-corrected chi connectivity index (χ2v) is 4.96. The third kappa shape index (κ3) is 4.43. The monoisotopic (exact) mass is 231 g/mol. The summed E-state index contributed by atoms with van der Waals surface area (Å²) >= 11 is 1.83. The molecule has 0 bridgehead atoms. The van der Waals surface area contributed by atoms with Crippen molar-refractivity contribution in [3.05, 3.63) is 0 Å². The molecule has 0 aromatic heterocycles. The van der Waals surface area contributed by atoms with Gasteiger partial charge in [0.25, 0.3) is 0 Å². The standard InChI is InChI=1S/C11H21NO2S/c1-14-11(13)9-12(7-8-15-2)10-5-3-4-6-10/h10H,3-9H2,1-2H3. The topological polar surface area (TPSA) is 29.5 Å². The average molecular weight is 231 g/mol. The highest BCUT2D eigenvalue weighted by molar-refractivity contribution is 7.98. The fourth-order valence-electron chi connectivity index (χ4n) is 2.10. The van der Waals surface area contributed by atoms with Gasteiger partial charge in [-0.05, 0) is 19.1 Å². The highest BCUT2D eigenvalue weighted by Gasteiger charge is 2.23. The first kappa shape index (κ1) is 12.8. The average Bonchev–Trinajstić information content (AvgIpc) is 2.77. The molecule has 88 valence electrons. The zero-order chi connectivity index (χ0) is 11.1. The smallest absolute Gasteiger partial charge is 0.319 e. The molecule has 1 saturated carbocycles. The van der Waals surface area contributed by atoms with Gasteiger partial charge < -0.3 is 4.74 Å². The minimum Gasteiger partial charge on any atom is -0.468 e. The number of carbonyl (C=O) groups excluding carboxylic acids is 1. The van der Waals surface area contributed by atoms with E-state index in [1.165, 1.54) is 32.8 Å². The van der Waals surface area contributed by atoms with Crippen LogP contribution in [-0.4, -0.2) is 49.1 Å². The molecule has 1 aliphatic rings. The van der Waals surface area contributed by atoms with Gasteiger partial charge in [0.2, 0.25) is 0 Å². The van der Waals surface area contributed by atoms with Crippen LogP contribution in [0.25, 0.3) is 0 Å². The lowest BCUT2D eigenvalue weighted by Crippen LogP contribution is -2.39. The Morgan fingerprint density at radius 3 is 2.67 bits per heavy atom. The van der Waals surface area contributed by atoms with E-state index in [1.807, 2.05) is 11.8 Å². The molecule has 0 radical (unpaired) electrons. The fourth-order valence-corrected chi connectivity index (χ4v) is 2.52. The number of rotatable bonds is 6. The fraction of sp³-hybridized carbons (Fsp3) is 0.909. The molecule has 0 amide bonds. The second kappa shape index (κ2) is 7.12. The highest BCUT2D eigenvalue weighted by atomic mass is 32.2. The molecule has 1 rings (SSSR count). The third-order valence-electron chi connectivity index (χ3n) is 2.98. The number of thioether (sulfide) groups is 1. The SMILES string of the molecule is COC(=O)CN(CCSC)C1CCCC1. The van der Waals surface area contributed by atoms with Gasteiger partial charge in [-0.2, -0.15) is 11.8 Å². The maximum Gasteiger partial charge on any atom is 0.319 e. The third-order valence-corrected chi connectivity index (χ3v) is 3.57. The van der Waals surface area contributed by atoms with Gasteiger partial charge in [-0.1, -0.05) is 12.8 Å². The molecular formula is C11H21NO2S. The summed E-state index contributed by atoms with van der Waals surface area (Å²) in [4.78, 5) is 13.6. The van der Waals surface area contributed by atoms with E-state index < -0.39 is 0 Å². The molecule has 15 heavy (non-hydrogen) atoms. The predicted octanol–water partition coefficient (Wildman–Crippen LogP) is 1.77. The molecule has 1 fully saturated rings. The summed E-state index contributed by atoms with van der Waals surface area (Å²) in [5.74, 6) is 0.982. The van der Waals surface area contributed by atoms with Crippen molar-refractivity contribution < 1.29 is 9.53 Å². The largest absolute Gasteiger partial charge is 0.468 e. The van der Waals surface area contributed by atoms with Crippen LogP contribution in [0.1, 0.15) is 25.7 Å². The first-order chi connectivity index (χ1) is 7.27. The number of carbonyl (C=O) groups is 1.